The number of benzene rings is 2. The van der Waals surface area contributed by atoms with Crippen molar-refractivity contribution in [1.82, 2.24) is 10.3 Å². The van der Waals surface area contributed by atoms with E-state index in [1.165, 1.54) is 24.3 Å². The van der Waals surface area contributed by atoms with Gasteiger partial charge in [0.05, 0.1) is 22.2 Å². The molecule has 0 saturated carbocycles. The van der Waals surface area contributed by atoms with Crippen LogP contribution in [0.15, 0.2) is 93.3 Å². The van der Waals surface area contributed by atoms with Crippen LogP contribution >= 0.6 is 31.9 Å². The van der Waals surface area contributed by atoms with Crippen molar-refractivity contribution in [3.05, 3.63) is 110 Å². The monoisotopic (exact) mass is 583 g/mol. The Hall–Kier alpha value is -3.30. The van der Waals surface area contributed by atoms with Crippen LogP contribution in [0.2, 0.25) is 0 Å². The van der Waals surface area contributed by atoms with Crippen molar-refractivity contribution in [2.24, 2.45) is 0 Å². The predicted molar refractivity (Wildman–Crippen MR) is 132 cm³/mol. The van der Waals surface area contributed by atoms with Gasteiger partial charge in [-0.25, -0.2) is 9.37 Å². The highest BCUT2D eigenvalue weighted by atomic mass is 79.9. The third kappa shape index (κ3) is 4.28. The fourth-order valence-electron chi connectivity index (χ4n) is 3.77. The first-order valence-corrected chi connectivity index (χ1v) is 11.9. The van der Waals surface area contributed by atoms with Gasteiger partial charge in [-0.1, -0.05) is 12.1 Å². The Morgan fingerprint density at radius 3 is 2.68 bits per heavy atom. The predicted octanol–water partition coefficient (Wildman–Crippen LogP) is 5.41. The number of carbonyl (C=O) groups excluding carboxylic acids is 2. The maximum atomic E-state index is 13.2. The highest BCUT2D eigenvalue weighted by Crippen LogP contribution is 2.37. The standard InChI is InChI=1S/C25H16Br2FN3O3/c26-15-9-20(27)24(29-11-15)31-13-19-22(34-21-4-2-1-3-18(21)23(19)32)10-17(31)12-30-25(33)14-5-7-16(28)8-6-14/h1-11,13,22H,12H2,(H,30,33). The largest absolute Gasteiger partial charge is 0.481 e. The van der Waals surface area contributed by atoms with E-state index in [1.54, 1.807) is 41.6 Å². The molecule has 9 heteroatoms. The van der Waals surface area contributed by atoms with E-state index in [4.69, 9.17) is 4.74 Å². The minimum Gasteiger partial charge on any atom is -0.481 e. The number of ether oxygens (including phenoxy) is 1. The molecule has 1 aromatic heterocycles. The third-order valence-corrected chi connectivity index (χ3v) is 6.45. The molecule has 0 bridgehead atoms. The van der Waals surface area contributed by atoms with Crippen molar-refractivity contribution in [2.75, 3.05) is 11.4 Å². The lowest BCUT2D eigenvalue weighted by atomic mass is 9.93. The van der Waals surface area contributed by atoms with E-state index in [9.17, 15) is 14.0 Å². The maximum Gasteiger partial charge on any atom is 0.251 e. The van der Waals surface area contributed by atoms with Crippen LogP contribution in [0.25, 0.3) is 0 Å². The van der Waals surface area contributed by atoms with Crippen LogP contribution in [-0.4, -0.2) is 29.3 Å². The smallest absolute Gasteiger partial charge is 0.251 e. The van der Waals surface area contributed by atoms with Crippen molar-refractivity contribution in [3.8, 4) is 5.75 Å². The summed E-state index contributed by atoms with van der Waals surface area (Å²) in [7, 11) is 0. The number of hydrogen-bond donors (Lipinski definition) is 1. The van der Waals surface area contributed by atoms with Crippen LogP contribution in [0.1, 0.15) is 20.7 Å². The summed E-state index contributed by atoms with van der Waals surface area (Å²) in [5, 5.41) is 2.85. The van der Waals surface area contributed by atoms with Gasteiger partial charge in [0.15, 0.2) is 11.6 Å². The summed E-state index contributed by atoms with van der Waals surface area (Å²) in [6.07, 6.45) is 4.53. The molecule has 0 aliphatic carbocycles. The molecule has 1 atom stereocenters. The van der Waals surface area contributed by atoms with E-state index in [0.29, 0.717) is 38.4 Å². The first-order valence-electron chi connectivity index (χ1n) is 10.3. The van der Waals surface area contributed by atoms with Gasteiger partial charge in [0, 0.05) is 28.1 Å². The molecule has 5 rings (SSSR count). The summed E-state index contributed by atoms with van der Waals surface area (Å²) in [4.78, 5) is 32.1. The number of Topliss-reactive ketones (excluding diaryl/α,β-unsaturated/α-hetero) is 1. The molecule has 0 fully saturated rings. The number of amides is 1. The van der Waals surface area contributed by atoms with Gasteiger partial charge in [0.2, 0.25) is 0 Å². The number of halogens is 3. The first kappa shape index (κ1) is 22.5. The number of para-hydroxylation sites is 1. The minimum atomic E-state index is -0.606. The third-order valence-electron chi connectivity index (χ3n) is 5.43. The summed E-state index contributed by atoms with van der Waals surface area (Å²) in [6.45, 7) is 0.125. The number of ketones is 1. The molecule has 1 unspecified atom stereocenters. The Balaban J connectivity index is 1.49. The molecule has 3 aromatic rings. The summed E-state index contributed by atoms with van der Waals surface area (Å²) in [6, 6.07) is 14.2. The summed E-state index contributed by atoms with van der Waals surface area (Å²) in [5.41, 5.74) is 1.95. The molecular weight excluding hydrogens is 569 g/mol. The van der Waals surface area contributed by atoms with E-state index in [1.807, 2.05) is 12.1 Å². The van der Waals surface area contributed by atoms with Crippen molar-refractivity contribution in [3.63, 3.8) is 0 Å². The molecule has 1 amide bonds. The average molecular weight is 585 g/mol. The molecule has 3 heterocycles. The highest BCUT2D eigenvalue weighted by Gasteiger charge is 2.35. The van der Waals surface area contributed by atoms with Gasteiger partial charge in [-0.15, -0.1) is 0 Å². The first-order chi connectivity index (χ1) is 16.4. The molecule has 34 heavy (non-hydrogen) atoms. The Bertz CT molecular complexity index is 1370. The molecule has 0 radical (unpaired) electrons. The molecule has 170 valence electrons. The Morgan fingerprint density at radius 1 is 1.15 bits per heavy atom. The number of nitrogens with zero attached hydrogens (tertiary/aromatic N) is 2. The number of aromatic nitrogens is 1. The lowest BCUT2D eigenvalue weighted by Crippen LogP contribution is -2.39. The zero-order chi connectivity index (χ0) is 23.8. The number of hydrogen-bond acceptors (Lipinski definition) is 5. The van der Waals surface area contributed by atoms with E-state index in [2.05, 4.69) is 42.2 Å². The molecule has 2 aromatic carbocycles. The fraction of sp³-hybridized carbons (Fsp3) is 0.0800. The van der Waals surface area contributed by atoms with Crippen molar-refractivity contribution in [2.45, 2.75) is 6.10 Å². The number of rotatable bonds is 4. The van der Waals surface area contributed by atoms with Gasteiger partial charge >= 0.3 is 0 Å². The zero-order valence-electron chi connectivity index (χ0n) is 17.5. The minimum absolute atomic E-state index is 0.125. The molecule has 0 spiro atoms. The second kappa shape index (κ2) is 9.15. The van der Waals surface area contributed by atoms with E-state index >= 15 is 0 Å². The van der Waals surface area contributed by atoms with Crippen molar-refractivity contribution in [1.29, 1.82) is 0 Å². The van der Waals surface area contributed by atoms with Crippen LogP contribution < -0.4 is 15.0 Å². The molecule has 6 nitrogen and oxygen atoms in total. The van der Waals surface area contributed by atoms with E-state index < -0.39 is 11.9 Å². The molecular formula is C25H16Br2FN3O3. The quantitative estimate of drug-likeness (QED) is 0.444. The van der Waals surface area contributed by atoms with Crippen LogP contribution in [0, 0.1) is 5.82 Å². The van der Waals surface area contributed by atoms with Crippen LogP contribution in [-0.2, 0) is 0 Å². The van der Waals surface area contributed by atoms with Gasteiger partial charge in [-0.05, 0) is 80.4 Å². The molecule has 0 saturated heterocycles. The highest BCUT2D eigenvalue weighted by molar-refractivity contribution is 9.11. The Kier molecular flexibility index (Phi) is 6.05. The Labute approximate surface area is 211 Å². The molecule has 1 N–H and O–H groups in total. The van der Waals surface area contributed by atoms with Crippen LogP contribution in [0.3, 0.4) is 0 Å². The number of anilines is 1. The topological polar surface area (TPSA) is 71.5 Å². The maximum absolute atomic E-state index is 13.2. The fourth-order valence-corrected chi connectivity index (χ4v) is 4.95. The average Bonchev–Trinajstić information content (AvgIpc) is 2.83. The van der Waals surface area contributed by atoms with E-state index in [-0.39, 0.29) is 18.2 Å². The SMILES string of the molecule is O=C(NCC1=CC2Oc3ccccc3C(=O)C2=CN1c1ncc(Br)cc1Br)c1ccc(F)cc1. The Morgan fingerprint density at radius 2 is 1.91 bits per heavy atom. The summed E-state index contributed by atoms with van der Waals surface area (Å²) >= 11 is 6.93. The van der Waals surface area contributed by atoms with Crippen LogP contribution in [0.4, 0.5) is 10.2 Å². The summed E-state index contributed by atoms with van der Waals surface area (Å²) in [5.74, 6) is 0.154. The van der Waals surface area contributed by atoms with Gasteiger partial charge in [-0.3, -0.25) is 9.59 Å². The van der Waals surface area contributed by atoms with Gasteiger partial charge in [0.1, 0.15) is 17.7 Å². The number of fused-ring (bicyclic) bond motifs is 2. The number of pyridine rings is 1. The second-order valence-corrected chi connectivity index (χ2v) is 9.39. The van der Waals surface area contributed by atoms with Crippen molar-refractivity contribution < 1.29 is 18.7 Å². The zero-order valence-corrected chi connectivity index (χ0v) is 20.6. The lowest BCUT2D eigenvalue weighted by Gasteiger charge is -2.34. The van der Waals surface area contributed by atoms with Gasteiger partial charge in [-0.2, -0.15) is 0 Å². The summed E-state index contributed by atoms with van der Waals surface area (Å²) < 4.78 is 20.8. The van der Waals surface area contributed by atoms with Gasteiger partial charge in [0.25, 0.3) is 5.91 Å². The number of nitrogens with one attached hydrogen (secondary N) is 1. The molecule has 2 aliphatic rings. The normalized spacial score (nSPS) is 16.6. The van der Waals surface area contributed by atoms with Crippen molar-refractivity contribution >= 4 is 49.4 Å². The molecule has 2 aliphatic heterocycles. The van der Waals surface area contributed by atoms with Crippen LogP contribution in [0.5, 0.6) is 5.75 Å². The lowest BCUT2D eigenvalue weighted by molar-refractivity contribution is 0.0950. The van der Waals surface area contributed by atoms with E-state index in [0.717, 1.165) is 4.47 Å². The second-order valence-electron chi connectivity index (χ2n) is 7.62. The van der Waals surface area contributed by atoms with Gasteiger partial charge < -0.3 is 15.0 Å². The number of carbonyl (C=O) groups is 2.